The first-order valence-corrected chi connectivity index (χ1v) is 5.47. The Balaban J connectivity index is 2.14. The molecule has 0 spiro atoms. The SMILES string of the molecule is [N-]=[N+]=CC(=O)CCc1ccc2ccccc2c1. The largest absolute Gasteiger partial charge is 0.361 e. The van der Waals surface area contributed by atoms with Gasteiger partial charge in [-0.2, -0.15) is 4.79 Å². The number of ketones is 1. The van der Waals surface area contributed by atoms with E-state index in [1.54, 1.807) is 0 Å². The molecule has 2 rings (SSSR count). The molecule has 17 heavy (non-hydrogen) atoms. The predicted octanol–water partition coefficient (Wildman–Crippen LogP) is 2.64. The Bertz CT molecular complexity index is 598. The summed E-state index contributed by atoms with van der Waals surface area (Å²) < 4.78 is 0. The second kappa shape index (κ2) is 5.19. The van der Waals surface area contributed by atoms with Gasteiger partial charge in [-0.25, -0.2) is 0 Å². The van der Waals surface area contributed by atoms with Gasteiger partial charge in [0.25, 0.3) is 0 Å². The molecule has 0 fully saturated rings. The van der Waals surface area contributed by atoms with Crippen LogP contribution in [-0.2, 0) is 11.2 Å². The first-order chi connectivity index (χ1) is 8.29. The number of fused-ring (bicyclic) bond motifs is 1. The van der Waals surface area contributed by atoms with Gasteiger partial charge in [0.1, 0.15) is 0 Å². The molecular formula is C14H12N2O. The summed E-state index contributed by atoms with van der Waals surface area (Å²) in [5.41, 5.74) is 9.34. The molecule has 0 heterocycles. The van der Waals surface area contributed by atoms with Crippen LogP contribution >= 0.6 is 0 Å². The van der Waals surface area contributed by atoms with Crippen molar-refractivity contribution in [1.29, 1.82) is 0 Å². The number of nitrogens with zero attached hydrogens (tertiary/aromatic N) is 2. The fraction of sp³-hybridized carbons (Fsp3) is 0.143. The average Bonchev–Trinajstić information content (AvgIpc) is 2.36. The van der Waals surface area contributed by atoms with Gasteiger partial charge in [0.05, 0.1) is 0 Å². The molecule has 0 radical (unpaired) electrons. The molecule has 0 aliphatic heterocycles. The smallest absolute Gasteiger partial charge is 0.323 e. The van der Waals surface area contributed by atoms with Crippen molar-refractivity contribution in [3.63, 3.8) is 0 Å². The van der Waals surface area contributed by atoms with Crippen molar-refractivity contribution in [3.05, 3.63) is 53.6 Å². The molecular weight excluding hydrogens is 212 g/mol. The molecule has 0 saturated heterocycles. The number of carbonyl (C=O) groups excluding carboxylic acids is 1. The molecule has 0 atom stereocenters. The Morgan fingerprint density at radius 2 is 1.94 bits per heavy atom. The summed E-state index contributed by atoms with van der Waals surface area (Å²) in [6.45, 7) is 0. The fourth-order valence-corrected chi connectivity index (χ4v) is 1.79. The van der Waals surface area contributed by atoms with Crippen LogP contribution in [0.15, 0.2) is 42.5 Å². The molecule has 3 nitrogen and oxygen atoms in total. The summed E-state index contributed by atoms with van der Waals surface area (Å²) in [4.78, 5) is 13.9. The Morgan fingerprint density at radius 1 is 1.18 bits per heavy atom. The van der Waals surface area contributed by atoms with Crippen molar-refractivity contribution in [2.75, 3.05) is 0 Å². The first kappa shape index (κ1) is 11.2. The zero-order valence-corrected chi connectivity index (χ0v) is 9.34. The Kier molecular flexibility index (Phi) is 3.43. The zero-order chi connectivity index (χ0) is 12.1. The van der Waals surface area contributed by atoms with Crippen molar-refractivity contribution in [1.82, 2.24) is 0 Å². The standard InChI is InChI=1S/C14H12N2O/c15-16-10-14(17)8-6-11-5-7-12-3-1-2-4-13(12)9-11/h1-5,7,9-10H,6,8H2. The van der Waals surface area contributed by atoms with Crippen molar-refractivity contribution in [2.45, 2.75) is 12.8 Å². The molecule has 3 heteroatoms. The first-order valence-electron chi connectivity index (χ1n) is 5.47. The van der Waals surface area contributed by atoms with Crippen LogP contribution in [-0.4, -0.2) is 16.8 Å². The molecule has 0 aromatic heterocycles. The molecule has 0 bridgehead atoms. The maximum atomic E-state index is 11.2. The Hall–Kier alpha value is -2.25. The molecule has 0 saturated carbocycles. The molecule has 0 aliphatic rings. The highest BCUT2D eigenvalue weighted by Crippen LogP contribution is 2.16. The number of hydrogen-bond donors (Lipinski definition) is 0. The Morgan fingerprint density at radius 3 is 2.71 bits per heavy atom. The summed E-state index contributed by atoms with van der Waals surface area (Å²) in [5.74, 6) is -0.166. The van der Waals surface area contributed by atoms with Crippen molar-refractivity contribution in [3.8, 4) is 0 Å². The third-order valence-corrected chi connectivity index (χ3v) is 2.68. The van der Waals surface area contributed by atoms with Gasteiger partial charge >= 0.3 is 6.21 Å². The van der Waals surface area contributed by atoms with E-state index in [9.17, 15) is 4.79 Å². The van der Waals surface area contributed by atoms with E-state index >= 15 is 0 Å². The fourth-order valence-electron chi connectivity index (χ4n) is 1.79. The zero-order valence-electron chi connectivity index (χ0n) is 9.34. The number of hydrogen-bond acceptors (Lipinski definition) is 1. The van der Waals surface area contributed by atoms with Gasteiger partial charge in [0.2, 0.25) is 5.78 Å². The number of aryl methyl sites for hydroxylation is 1. The lowest BCUT2D eigenvalue weighted by Gasteiger charge is -2.01. The molecule has 0 unspecified atom stereocenters. The third-order valence-electron chi connectivity index (χ3n) is 2.68. The number of carbonyl (C=O) groups is 1. The lowest BCUT2D eigenvalue weighted by molar-refractivity contribution is -0.116. The lowest BCUT2D eigenvalue weighted by Crippen LogP contribution is -2.01. The van der Waals surface area contributed by atoms with Crippen molar-refractivity contribution >= 4 is 22.8 Å². The van der Waals surface area contributed by atoms with Gasteiger partial charge in [0, 0.05) is 6.42 Å². The monoisotopic (exact) mass is 224 g/mol. The van der Waals surface area contributed by atoms with Gasteiger partial charge in [-0.15, -0.1) is 0 Å². The van der Waals surface area contributed by atoms with Gasteiger partial charge < -0.3 is 5.53 Å². The van der Waals surface area contributed by atoms with E-state index in [4.69, 9.17) is 5.53 Å². The second-order valence-electron chi connectivity index (χ2n) is 3.89. The molecule has 0 N–H and O–H groups in total. The van der Waals surface area contributed by atoms with Gasteiger partial charge in [0.15, 0.2) is 0 Å². The lowest BCUT2D eigenvalue weighted by atomic mass is 10.0. The summed E-state index contributed by atoms with van der Waals surface area (Å²) in [5, 5.41) is 2.37. The molecule has 84 valence electrons. The van der Waals surface area contributed by atoms with E-state index in [0.29, 0.717) is 12.8 Å². The average molecular weight is 224 g/mol. The number of rotatable bonds is 4. The van der Waals surface area contributed by atoms with Crippen LogP contribution < -0.4 is 0 Å². The van der Waals surface area contributed by atoms with Crippen molar-refractivity contribution < 1.29 is 9.58 Å². The van der Waals surface area contributed by atoms with Gasteiger partial charge in [-0.3, -0.25) is 4.79 Å². The topological polar surface area (TPSA) is 53.5 Å². The highest BCUT2D eigenvalue weighted by Gasteiger charge is 2.03. The second-order valence-corrected chi connectivity index (χ2v) is 3.89. The quantitative estimate of drug-likeness (QED) is 0.447. The normalized spacial score (nSPS) is 9.88. The highest BCUT2D eigenvalue weighted by atomic mass is 16.1. The van der Waals surface area contributed by atoms with Crippen LogP contribution in [0.2, 0.25) is 0 Å². The summed E-state index contributed by atoms with van der Waals surface area (Å²) in [7, 11) is 0. The predicted molar refractivity (Wildman–Crippen MR) is 67.0 cm³/mol. The summed E-state index contributed by atoms with van der Waals surface area (Å²) >= 11 is 0. The van der Waals surface area contributed by atoms with E-state index < -0.39 is 0 Å². The summed E-state index contributed by atoms with van der Waals surface area (Å²) in [6.07, 6.45) is 1.97. The minimum atomic E-state index is -0.166. The number of Topliss-reactive ketones (excluding diaryl/α,β-unsaturated/α-hetero) is 1. The van der Waals surface area contributed by atoms with Crippen molar-refractivity contribution in [2.24, 2.45) is 0 Å². The summed E-state index contributed by atoms with van der Waals surface area (Å²) in [6, 6.07) is 14.3. The van der Waals surface area contributed by atoms with E-state index in [2.05, 4.69) is 29.1 Å². The maximum Gasteiger partial charge on any atom is 0.323 e. The van der Waals surface area contributed by atoms with Crippen LogP contribution in [0.25, 0.3) is 16.3 Å². The van der Waals surface area contributed by atoms with E-state index in [-0.39, 0.29) is 5.78 Å². The molecule has 0 amide bonds. The van der Waals surface area contributed by atoms with Gasteiger partial charge in [-0.05, 0) is 22.8 Å². The molecule has 2 aromatic rings. The van der Waals surface area contributed by atoms with Gasteiger partial charge in [-0.1, -0.05) is 42.5 Å². The van der Waals surface area contributed by atoms with E-state index in [1.807, 2.05) is 18.2 Å². The third kappa shape index (κ3) is 2.86. The van der Waals surface area contributed by atoms with Crippen LogP contribution in [0.1, 0.15) is 12.0 Å². The minimum Gasteiger partial charge on any atom is -0.361 e. The Labute approximate surface area is 99.3 Å². The van der Waals surface area contributed by atoms with Crippen LogP contribution in [0, 0.1) is 0 Å². The van der Waals surface area contributed by atoms with E-state index in [1.165, 1.54) is 10.8 Å². The van der Waals surface area contributed by atoms with Crippen LogP contribution in [0.5, 0.6) is 0 Å². The van der Waals surface area contributed by atoms with Crippen LogP contribution in [0.3, 0.4) is 0 Å². The minimum absolute atomic E-state index is 0.166. The number of benzene rings is 2. The van der Waals surface area contributed by atoms with E-state index in [0.717, 1.165) is 11.8 Å². The highest BCUT2D eigenvalue weighted by molar-refractivity contribution is 6.25. The van der Waals surface area contributed by atoms with Crippen LogP contribution in [0.4, 0.5) is 0 Å². The molecule has 0 aliphatic carbocycles. The maximum absolute atomic E-state index is 11.2. The molecule has 2 aromatic carbocycles.